The first-order valence-electron chi connectivity index (χ1n) is 6.25. The number of hydrogen-bond acceptors (Lipinski definition) is 3. The van der Waals surface area contributed by atoms with Crippen LogP contribution in [0.3, 0.4) is 0 Å². The van der Waals surface area contributed by atoms with Gasteiger partial charge in [-0.05, 0) is 36.5 Å². The van der Waals surface area contributed by atoms with Crippen LogP contribution in [-0.2, 0) is 12.1 Å². The van der Waals surface area contributed by atoms with Crippen molar-refractivity contribution in [3.8, 4) is 0 Å². The summed E-state index contributed by atoms with van der Waals surface area (Å²) in [5.74, 6) is 0.311. The minimum Gasteiger partial charge on any atom is -0.382 e. The first-order chi connectivity index (χ1) is 9.28. The molecule has 1 aromatic heterocycles. The fraction of sp³-hybridized carbons (Fsp3) is 0.429. The maximum absolute atomic E-state index is 13.1. The van der Waals surface area contributed by atoms with Gasteiger partial charge in [0.15, 0.2) is 0 Å². The molecule has 1 atom stereocenters. The van der Waals surface area contributed by atoms with Gasteiger partial charge in [0.05, 0.1) is 6.54 Å². The Bertz CT molecular complexity index is 551. The van der Waals surface area contributed by atoms with Crippen LogP contribution in [0.4, 0.5) is 4.39 Å². The quantitative estimate of drug-likeness (QED) is 0.918. The molecule has 110 valence electrons. The zero-order valence-electron chi connectivity index (χ0n) is 12.0. The van der Waals surface area contributed by atoms with Crippen molar-refractivity contribution in [3.05, 3.63) is 48.3 Å². The van der Waals surface area contributed by atoms with E-state index in [-0.39, 0.29) is 5.82 Å². The van der Waals surface area contributed by atoms with E-state index in [4.69, 9.17) is 0 Å². The molecular weight excluding hydrogens is 277 g/mol. The summed E-state index contributed by atoms with van der Waals surface area (Å²) in [7, 11) is -0.949. The lowest BCUT2D eigenvalue weighted by atomic mass is 9.96. The van der Waals surface area contributed by atoms with E-state index in [1.54, 1.807) is 23.1 Å². The van der Waals surface area contributed by atoms with Crippen LogP contribution in [0, 0.1) is 5.82 Å². The van der Waals surface area contributed by atoms with Crippen LogP contribution in [0.5, 0.6) is 0 Å². The van der Waals surface area contributed by atoms with Crippen LogP contribution in [0.25, 0.3) is 0 Å². The lowest BCUT2D eigenvalue weighted by molar-refractivity contribution is 0.0390. The van der Waals surface area contributed by atoms with Crippen molar-refractivity contribution in [1.29, 1.82) is 0 Å². The lowest BCUT2D eigenvalue weighted by Crippen LogP contribution is -2.37. The molecule has 20 heavy (non-hydrogen) atoms. The van der Waals surface area contributed by atoms with Crippen LogP contribution in [0.15, 0.2) is 36.9 Å². The van der Waals surface area contributed by atoms with Crippen molar-refractivity contribution in [1.82, 2.24) is 14.8 Å². The molecule has 0 aliphatic heterocycles. The topological polar surface area (TPSA) is 50.9 Å². The molecule has 0 bridgehead atoms. The molecule has 0 saturated carbocycles. The van der Waals surface area contributed by atoms with Crippen molar-refractivity contribution in [3.63, 3.8) is 0 Å². The predicted octanol–water partition coefficient (Wildman–Crippen LogP) is 2.00. The molecule has 0 aliphatic rings. The summed E-state index contributed by atoms with van der Waals surface area (Å²) in [6, 6.07) is 6.02. The number of halogens is 1. The fourth-order valence-electron chi connectivity index (χ4n) is 2.28. The van der Waals surface area contributed by atoms with E-state index in [0.717, 1.165) is 0 Å². The first-order valence-corrected chi connectivity index (χ1v) is 9.28. The Morgan fingerprint density at radius 1 is 1.25 bits per heavy atom. The van der Waals surface area contributed by atoms with E-state index in [2.05, 4.69) is 28.8 Å². The van der Waals surface area contributed by atoms with Gasteiger partial charge < -0.3 is 5.11 Å². The van der Waals surface area contributed by atoms with Crippen LogP contribution in [-0.4, -0.2) is 44.4 Å². The number of aliphatic hydroxyl groups is 1. The molecular formula is C14H20FN3OS. The van der Waals surface area contributed by atoms with Crippen molar-refractivity contribution in [2.75, 3.05) is 24.5 Å². The summed E-state index contributed by atoms with van der Waals surface area (Å²) < 4.78 is 14.7. The predicted molar refractivity (Wildman–Crippen MR) is 80.5 cm³/mol. The Morgan fingerprint density at radius 3 is 2.40 bits per heavy atom. The highest BCUT2D eigenvalue weighted by Gasteiger charge is 2.33. The van der Waals surface area contributed by atoms with Gasteiger partial charge in [0, 0.05) is 5.75 Å². The minimum absolute atomic E-state index is 0.306. The monoisotopic (exact) mass is 297 g/mol. The highest BCUT2D eigenvalue weighted by atomic mass is 32.3. The van der Waals surface area contributed by atoms with Crippen LogP contribution >= 0.6 is 10.0 Å². The van der Waals surface area contributed by atoms with Gasteiger partial charge in [0.2, 0.25) is 0 Å². The third-order valence-corrected chi connectivity index (χ3v) is 4.29. The average molecular weight is 297 g/mol. The second-order valence-electron chi connectivity index (χ2n) is 5.87. The van der Waals surface area contributed by atoms with E-state index in [1.807, 2.05) is 0 Å². The maximum atomic E-state index is 13.1. The zero-order chi connectivity index (χ0) is 14.8. The third-order valence-electron chi connectivity index (χ3n) is 2.94. The van der Waals surface area contributed by atoms with E-state index in [0.29, 0.717) is 17.9 Å². The standard InChI is InChI=1S/C14H20FN3OS/c1-20(2,3)9-14(19,8-18-11-16-10-17-18)12-4-6-13(15)7-5-12/h4-7,10-11,19H,8-9H2,1-3H3. The Balaban J connectivity index is 2.34. The maximum Gasteiger partial charge on any atom is 0.137 e. The van der Waals surface area contributed by atoms with Crippen LogP contribution in [0.2, 0.25) is 0 Å². The zero-order valence-corrected chi connectivity index (χ0v) is 12.8. The molecule has 0 saturated heterocycles. The van der Waals surface area contributed by atoms with Gasteiger partial charge >= 0.3 is 0 Å². The van der Waals surface area contributed by atoms with Crippen molar-refractivity contribution in [2.45, 2.75) is 12.1 Å². The summed E-state index contributed by atoms with van der Waals surface area (Å²) in [4.78, 5) is 3.90. The van der Waals surface area contributed by atoms with E-state index in [1.165, 1.54) is 18.5 Å². The van der Waals surface area contributed by atoms with Crippen molar-refractivity contribution in [2.24, 2.45) is 0 Å². The molecule has 1 N–H and O–H groups in total. The number of hydrogen-bond donors (Lipinski definition) is 1. The van der Waals surface area contributed by atoms with Gasteiger partial charge in [0.25, 0.3) is 0 Å². The molecule has 0 aliphatic carbocycles. The summed E-state index contributed by atoms with van der Waals surface area (Å²) in [6.07, 6.45) is 9.44. The van der Waals surface area contributed by atoms with E-state index in [9.17, 15) is 9.50 Å². The van der Waals surface area contributed by atoms with Gasteiger partial charge in [-0.3, -0.25) is 0 Å². The molecule has 0 fully saturated rings. The third kappa shape index (κ3) is 3.80. The summed E-state index contributed by atoms with van der Waals surface area (Å²) >= 11 is 0. The molecule has 4 nitrogen and oxygen atoms in total. The molecule has 0 spiro atoms. The highest BCUT2D eigenvalue weighted by molar-refractivity contribution is 8.32. The molecule has 1 aromatic carbocycles. The second kappa shape index (κ2) is 5.54. The number of aromatic nitrogens is 3. The molecule has 1 heterocycles. The molecule has 2 aromatic rings. The fourth-order valence-corrected chi connectivity index (χ4v) is 3.97. The normalized spacial score (nSPS) is 15.8. The minimum atomic E-state index is -1.07. The van der Waals surface area contributed by atoms with Gasteiger partial charge in [-0.1, -0.05) is 12.1 Å². The summed E-state index contributed by atoms with van der Waals surface area (Å²) in [5, 5.41) is 15.1. The molecule has 6 heteroatoms. The van der Waals surface area contributed by atoms with Crippen LogP contribution in [0.1, 0.15) is 5.56 Å². The number of rotatable bonds is 5. The summed E-state index contributed by atoms with van der Waals surface area (Å²) in [5.41, 5.74) is -0.369. The van der Waals surface area contributed by atoms with E-state index < -0.39 is 15.6 Å². The van der Waals surface area contributed by atoms with E-state index >= 15 is 0 Å². The molecule has 0 radical (unpaired) electrons. The van der Waals surface area contributed by atoms with Gasteiger partial charge in [-0.15, -0.1) is 0 Å². The van der Waals surface area contributed by atoms with Crippen molar-refractivity contribution < 1.29 is 9.50 Å². The summed E-state index contributed by atoms with van der Waals surface area (Å²) in [6.45, 7) is 0.308. The average Bonchev–Trinajstić information content (AvgIpc) is 2.79. The Kier molecular flexibility index (Phi) is 4.15. The molecule has 0 amide bonds. The Labute approximate surface area is 120 Å². The molecule has 1 unspecified atom stereocenters. The van der Waals surface area contributed by atoms with Gasteiger partial charge in [-0.2, -0.15) is 5.10 Å². The van der Waals surface area contributed by atoms with Gasteiger partial charge in [-0.25, -0.2) is 24.1 Å². The second-order valence-corrected chi connectivity index (χ2v) is 10.3. The van der Waals surface area contributed by atoms with Gasteiger partial charge in [0.1, 0.15) is 24.1 Å². The number of benzene rings is 1. The Morgan fingerprint density at radius 2 is 1.90 bits per heavy atom. The first kappa shape index (κ1) is 15.0. The number of nitrogens with zero attached hydrogens (tertiary/aromatic N) is 3. The highest BCUT2D eigenvalue weighted by Crippen LogP contribution is 2.42. The Hall–Kier alpha value is -1.40. The molecule has 2 rings (SSSR count). The largest absolute Gasteiger partial charge is 0.382 e. The SMILES string of the molecule is CS(C)(C)CC(O)(Cn1cncn1)c1ccc(F)cc1. The van der Waals surface area contributed by atoms with Crippen LogP contribution < -0.4 is 0 Å². The smallest absolute Gasteiger partial charge is 0.137 e. The lowest BCUT2D eigenvalue weighted by Gasteiger charge is -2.37. The van der Waals surface area contributed by atoms with Crippen molar-refractivity contribution >= 4 is 10.0 Å².